The minimum Gasteiger partial charge on any atom is -0.493 e. The number of aromatic nitrogens is 3. The number of hydrogen-bond acceptors (Lipinski definition) is 8. The Balaban J connectivity index is 1.28. The second-order valence-corrected chi connectivity index (χ2v) is 11.9. The molecule has 1 aliphatic carbocycles. The molecular weight excluding hydrogens is 544 g/mol. The van der Waals surface area contributed by atoms with Crippen LogP contribution in [0.25, 0.3) is 0 Å². The zero-order chi connectivity index (χ0) is 28.5. The lowest BCUT2D eigenvalue weighted by Crippen LogP contribution is -2.37. The van der Waals surface area contributed by atoms with Crippen LogP contribution in [-0.2, 0) is 24.2 Å². The number of rotatable bonds is 2. The van der Waals surface area contributed by atoms with Crippen LogP contribution in [-0.4, -0.2) is 82.9 Å². The maximum Gasteiger partial charge on any atom is 0.257 e. The van der Waals surface area contributed by atoms with Gasteiger partial charge in [-0.15, -0.1) is 16.4 Å². The summed E-state index contributed by atoms with van der Waals surface area (Å²) in [5.41, 5.74) is 2.93. The molecule has 2 atom stereocenters. The molecular formula is C29H34N6O5S. The molecule has 216 valence electrons. The Labute approximate surface area is 242 Å². The smallest absolute Gasteiger partial charge is 0.257 e. The minimum atomic E-state index is -0.246. The van der Waals surface area contributed by atoms with Gasteiger partial charge in [-0.05, 0) is 43.4 Å². The Morgan fingerprint density at radius 3 is 2.90 bits per heavy atom. The molecule has 0 unspecified atom stereocenters. The number of carbonyl (C=O) groups excluding carboxylic acids is 3. The lowest BCUT2D eigenvalue weighted by atomic mass is 9.95. The van der Waals surface area contributed by atoms with E-state index in [-0.39, 0.29) is 42.7 Å². The summed E-state index contributed by atoms with van der Waals surface area (Å²) in [4.78, 5) is 44.7. The van der Waals surface area contributed by atoms with E-state index in [0.717, 1.165) is 24.8 Å². The summed E-state index contributed by atoms with van der Waals surface area (Å²) < 4.78 is 13.3. The van der Waals surface area contributed by atoms with Crippen molar-refractivity contribution >= 4 is 29.1 Å². The average molecular weight is 579 g/mol. The third kappa shape index (κ3) is 5.40. The van der Waals surface area contributed by atoms with Gasteiger partial charge in [-0.2, -0.15) is 0 Å². The van der Waals surface area contributed by atoms with Crippen LogP contribution in [0.4, 0.5) is 0 Å². The monoisotopic (exact) mass is 578 g/mol. The third-order valence-electron chi connectivity index (χ3n) is 8.24. The summed E-state index contributed by atoms with van der Waals surface area (Å²) in [6, 6.07) is 4.96. The number of benzene rings is 1. The van der Waals surface area contributed by atoms with Gasteiger partial charge in [0.25, 0.3) is 11.8 Å². The zero-order valence-electron chi connectivity index (χ0n) is 23.3. The first-order valence-corrected chi connectivity index (χ1v) is 14.9. The molecule has 6 rings (SSSR count). The number of carbonyl (C=O) groups is 3. The van der Waals surface area contributed by atoms with E-state index in [4.69, 9.17) is 9.47 Å². The van der Waals surface area contributed by atoms with Crippen molar-refractivity contribution in [3.8, 4) is 11.5 Å². The lowest BCUT2D eigenvalue weighted by Gasteiger charge is -2.21. The van der Waals surface area contributed by atoms with Gasteiger partial charge in [0.1, 0.15) is 12.3 Å². The van der Waals surface area contributed by atoms with Crippen LogP contribution in [0.5, 0.6) is 11.5 Å². The number of amides is 3. The quantitative estimate of drug-likeness (QED) is 0.497. The second-order valence-electron chi connectivity index (χ2n) is 10.9. The number of likely N-dealkylation sites (N-methyl/N-ethyl adjacent to an activating group) is 1. The second kappa shape index (κ2) is 11.5. The summed E-state index contributed by atoms with van der Waals surface area (Å²) in [6.45, 7) is 1.60. The Hall–Kier alpha value is -3.93. The van der Waals surface area contributed by atoms with Gasteiger partial charge in [0.05, 0.1) is 30.5 Å². The molecule has 3 amide bonds. The van der Waals surface area contributed by atoms with E-state index in [9.17, 15) is 14.4 Å². The molecule has 4 heterocycles. The predicted molar refractivity (Wildman–Crippen MR) is 151 cm³/mol. The van der Waals surface area contributed by atoms with Crippen LogP contribution in [0.15, 0.2) is 29.8 Å². The van der Waals surface area contributed by atoms with Crippen LogP contribution >= 0.6 is 11.3 Å². The number of thiophene rings is 1. The molecule has 0 radical (unpaired) electrons. The molecule has 2 bridgehead atoms. The molecule has 11 nitrogen and oxygen atoms in total. The molecule has 1 fully saturated rings. The average Bonchev–Trinajstić information content (AvgIpc) is 3.73. The third-order valence-corrected chi connectivity index (χ3v) is 9.33. The minimum absolute atomic E-state index is 0.0238. The first kappa shape index (κ1) is 27.3. The summed E-state index contributed by atoms with van der Waals surface area (Å²) in [6.07, 6.45) is 6.30. The standard InChI is InChI=1S/C29H34N6O5S/c1-33-11-10-30-26(36)12-18-13-34(29(38)22-17-41-25-9-4-3-6-20(22)25)15-23(18)35-14-19(31-32-35)16-40-27-21(28(33)37)7-5-8-24(27)39-2/h5,7-8,14,17-18,23H,3-4,6,9-13,15-16H2,1-2H3,(H,30,36)/t18-,23+/m0/s1. The van der Waals surface area contributed by atoms with Gasteiger partial charge in [-0.3, -0.25) is 14.4 Å². The highest BCUT2D eigenvalue weighted by Crippen LogP contribution is 2.36. The van der Waals surface area contributed by atoms with Crippen LogP contribution < -0.4 is 14.8 Å². The van der Waals surface area contributed by atoms with Gasteiger partial charge >= 0.3 is 0 Å². The lowest BCUT2D eigenvalue weighted by molar-refractivity contribution is -0.122. The maximum absolute atomic E-state index is 13.7. The van der Waals surface area contributed by atoms with Crippen molar-refractivity contribution in [2.24, 2.45) is 5.92 Å². The summed E-state index contributed by atoms with van der Waals surface area (Å²) >= 11 is 1.68. The van der Waals surface area contributed by atoms with Crippen molar-refractivity contribution in [1.82, 2.24) is 30.1 Å². The van der Waals surface area contributed by atoms with E-state index < -0.39 is 0 Å². The molecule has 1 N–H and O–H groups in total. The van der Waals surface area contributed by atoms with Crippen molar-refractivity contribution in [3.05, 3.63) is 57.0 Å². The number of likely N-dealkylation sites (tertiary alicyclic amines) is 1. The number of nitrogens with zero attached hydrogens (tertiary/aromatic N) is 5. The van der Waals surface area contributed by atoms with Crippen LogP contribution in [0.1, 0.15) is 62.2 Å². The summed E-state index contributed by atoms with van der Waals surface area (Å²) in [7, 11) is 3.21. The fourth-order valence-corrected chi connectivity index (χ4v) is 7.15. The Kier molecular flexibility index (Phi) is 7.65. The first-order chi connectivity index (χ1) is 19.9. The molecule has 0 saturated carbocycles. The van der Waals surface area contributed by atoms with Crippen molar-refractivity contribution in [3.63, 3.8) is 0 Å². The zero-order valence-corrected chi connectivity index (χ0v) is 24.1. The van der Waals surface area contributed by atoms with E-state index >= 15 is 0 Å². The molecule has 2 aromatic heterocycles. The van der Waals surface area contributed by atoms with Crippen LogP contribution in [0.3, 0.4) is 0 Å². The van der Waals surface area contributed by atoms with Crippen molar-refractivity contribution in [2.45, 2.75) is 44.8 Å². The van der Waals surface area contributed by atoms with Crippen molar-refractivity contribution in [2.75, 3.05) is 40.3 Å². The molecule has 41 heavy (non-hydrogen) atoms. The molecule has 12 heteroatoms. The maximum atomic E-state index is 13.7. The number of aryl methyl sites for hydroxylation is 1. The normalized spacial score (nSPS) is 21.4. The van der Waals surface area contributed by atoms with Crippen molar-refractivity contribution < 1.29 is 23.9 Å². The molecule has 0 spiro atoms. The highest BCUT2D eigenvalue weighted by atomic mass is 32.1. The highest BCUT2D eigenvalue weighted by molar-refractivity contribution is 7.10. The molecule has 1 aromatic carbocycles. The van der Waals surface area contributed by atoms with Crippen LogP contribution in [0.2, 0.25) is 0 Å². The van der Waals surface area contributed by atoms with Gasteiger partial charge in [-0.1, -0.05) is 11.3 Å². The Morgan fingerprint density at radius 2 is 2.05 bits per heavy atom. The Morgan fingerprint density at radius 1 is 1.20 bits per heavy atom. The van der Waals surface area contributed by atoms with E-state index in [2.05, 4.69) is 15.6 Å². The number of para-hydroxylation sites is 1. The first-order valence-electron chi connectivity index (χ1n) is 14.0. The SMILES string of the molecule is COc1cccc2c1OCc1cn(nn1)[C@@H]1CN(C(=O)c3csc4c3CCCC4)C[C@@H]1CC(=O)NCCN(C)C2=O. The molecule has 3 aromatic rings. The number of ether oxygens (including phenoxy) is 2. The van der Waals surface area contributed by atoms with Gasteiger partial charge < -0.3 is 24.6 Å². The van der Waals surface area contributed by atoms with E-state index in [1.165, 1.54) is 24.0 Å². The van der Waals surface area contributed by atoms with Gasteiger partial charge in [0, 0.05) is 55.8 Å². The molecule has 1 saturated heterocycles. The van der Waals surface area contributed by atoms with Gasteiger partial charge in [0.2, 0.25) is 5.91 Å². The molecule has 3 aliphatic rings. The Bertz CT molecular complexity index is 1470. The van der Waals surface area contributed by atoms with E-state index in [1.54, 1.807) is 52.4 Å². The number of hydrogen-bond donors (Lipinski definition) is 1. The number of nitrogens with one attached hydrogen (secondary N) is 1. The number of methoxy groups -OCH3 is 1. The molecule has 2 aliphatic heterocycles. The van der Waals surface area contributed by atoms with Crippen molar-refractivity contribution in [1.29, 1.82) is 0 Å². The van der Waals surface area contributed by atoms with E-state index in [1.807, 2.05) is 10.3 Å². The fourth-order valence-electron chi connectivity index (χ4n) is 6.03. The van der Waals surface area contributed by atoms with E-state index in [0.29, 0.717) is 48.9 Å². The van der Waals surface area contributed by atoms with Crippen LogP contribution in [0, 0.1) is 5.92 Å². The topological polar surface area (TPSA) is 119 Å². The fraction of sp³-hybridized carbons (Fsp3) is 0.483. The highest BCUT2D eigenvalue weighted by Gasteiger charge is 2.39. The number of fused-ring (bicyclic) bond motifs is 6. The van der Waals surface area contributed by atoms with Gasteiger partial charge in [0.15, 0.2) is 11.5 Å². The van der Waals surface area contributed by atoms with Gasteiger partial charge in [-0.25, -0.2) is 4.68 Å². The summed E-state index contributed by atoms with van der Waals surface area (Å²) in [5, 5.41) is 13.6. The largest absolute Gasteiger partial charge is 0.493 e. The predicted octanol–water partition coefficient (Wildman–Crippen LogP) is 2.71. The summed E-state index contributed by atoms with van der Waals surface area (Å²) in [5.74, 6) is 0.275.